The predicted molar refractivity (Wildman–Crippen MR) is 100 cm³/mol. The van der Waals surface area contributed by atoms with Gasteiger partial charge in [-0.15, -0.1) is 11.3 Å². The van der Waals surface area contributed by atoms with E-state index in [0.29, 0.717) is 25.6 Å². The highest BCUT2D eigenvalue weighted by Crippen LogP contribution is 2.42. The lowest BCUT2D eigenvalue weighted by Gasteiger charge is -2.50. The van der Waals surface area contributed by atoms with E-state index in [9.17, 15) is 4.79 Å². The number of ether oxygens (including phenoxy) is 2. The summed E-state index contributed by atoms with van der Waals surface area (Å²) in [4.78, 5) is 19.4. The largest absolute Gasteiger partial charge is 0.377 e. The van der Waals surface area contributed by atoms with E-state index in [4.69, 9.17) is 9.47 Å². The normalized spacial score (nSPS) is 21.1. The molecular weight excluding hydrogens is 348 g/mol. The Morgan fingerprint density at radius 3 is 2.92 bits per heavy atom. The second kappa shape index (κ2) is 7.47. The molecule has 0 aromatic carbocycles. The third kappa shape index (κ3) is 3.41. The fourth-order valence-corrected chi connectivity index (χ4v) is 4.81. The summed E-state index contributed by atoms with van der Waals surface area (Å²) in [5, 5.41) is 1.98. The van der Waals surface area contributed by atoms with Gasteiger partial charge >= 0.3 is 0 Å². The number of hydrogen-bond donors (Lipinski definition) is 0. The summed E-state index contributed by atoms with van der Waals surface area (Å²) in [6.07, 6.45) is 5.60. The van der Waals surface area contributed by atoms with Crippen molar-refractivity contribution in [1.82, 2.24) is 9.88 Å². The summed E-state index contributed by atoms with van der Waals surface area (Å²) in [6.45, 7) is 5.53. The SMILES string of the molecule is Cc1ccsc1C(=O)N1CC2(C1)OCCC2CCOCc1ccncc1. The second-order valence-electron chi connectivity index (χ2n) is 7.19. The highest BCUT2D eigenvalue weighted by molar-refractivity contribution is 7.12. The van der Waals surface area contributed by atoms with Crippen molar-refractivity contribution < 1.29 is 14.3 Å². The van der Waals surface area contributed by atoms with E-state index < -0.39 is 0 Å². The molecule has 1 atom stereocenters. The van der Waals surface area contributed by atoms with Crippen molar-refractivity contribution in [2.75, 3.05) is 26.3 Å². The van der Waals surface area contributed by atoms with Gasteiger partial charge in [0.15, 0.2) is 0 Å². The van der Waals surface area contributed by atoms with Crippen LogP contribution in [0.3, 0.4) is 0 Å². The lowest BCUT2D eigenvalue weighted by molar-refractivity contribution is -0.120. The molecule has 4 rings (SSSR count). The predicted octanol–water partition coefficient (Wildman–Crippen LogP) is 3.29. The number of likely N-dealkylation sites (tertiary alicyclic amines) is 1. The molecule has 2 fully saturated rings. The van der Waals surface area contributed by atoms with Crippen LogP contribution in [0.25, 0.3) is 0 Å². The Kier molecular flexibility index (Phi) is 5.07. The number of aryl methyl sites for hydroxylation is 1. The smallest absolute Gasteiger partial charge is 0.264 e. The number of pyridine rings is 1. The van der Waals surface area contributed by atoms with Gasteiger partial charge in [-0.2, -0.15) is 0 Å². The molecule has 2 aliphatic heterocycles. The molecule has 2 saturated heterocycles. The maximum atomic E-state index is 12.6. The van der Waals surface area contributed by atoms with Crippen LogP contribution >= 0.6 is 11.3 Å². The van der Waals surface area contributed by atoms with Crippen molar-refractivity contribution in [3.8, 4) is 0 Å². The molecule has 138 valence electrons. The van der Waals surface area contributed by atoms with E-state index >= 15 is 0 Å². The van der Waals surface area contributed by atoms with E-state index in [1.54, 1.807) is 12.4 Å². The molecule has 0 N–H and O–H groups in total. The van der Waals surface area contributed by atoms with E-state index in [-0.39, 0.29) is 11.5 Å². The van der Waals surface area contributed by atoms with Crippen molar-refractivity contribution >= 4 is 17.2 Å². The Labute approximate surface area is 157 Å². The highest BCUT2D eigenvalue weighted by atomic mass is 32.1. The second-order valence-corrected chi connectivity index (χ2v) is 8.11. The first kappa shape index (κ1) is 17.6. The van der Waals surface area contributed by atoms with Gasteiger partial charge in [-0.3, -0.25) is 9.78 Å². The lowest BCUT2D eigenvalue weighted by atomic mass is 9.79. The van der Waals surface area contributed by atoms with Gasteiger partial charge in [0.1, 0.15) is 5.60 Å². The van der Waals surface area contributed by atoms with Gasteiger partial charge in [0.25, 0.3) is 5.91 Å². The van der Waals surface area contributed by atoms with Crippen LogP contribution < -0.4 is 0 Å². The molecule has 4 heterocycles. The first-order valence-corrected chi connectivity index (χ1v) is 10.00. The standard InChI is InChI=1S/C20H24N2O3S/c1-15-6-11-26-18(15)19(23)22-13-20(14-22)17(5-10-25-20)4-9-24-12-16-2-7-21-8-3-16/h2-3,6-8,11,17H,4-5,9-10,12-14H2,1H3. The first-order chi connectivity index (χ1) is 12.7. The minimum Gasteiger partial charge on any atom is -0.377 e. The molecule has 1 amide bonds. The number of aromatic nitrogens is 1. The Bertz CT molecular complexity index is 755. The first-order valence-electron chi connectivity index (χ1n) is 9.12. The maximum Gasteiger partial charge on any atom is 0.264 e. The molecule has 1 unspecified atom stereocenters. The molecular formula is C20H24N2O3S. The van der Waals surface area contributed by atoms with Gasteiger partial charge in [0.2, 0.25) is 0 Å². The van der Waals surface area contributed by atoms with Crippen LogP contribution in [-0.2, 0) is 16.1 Å². The van der Waals surface area contributed by atoms with E-state index in [0.717, 1.165) is 42.1 Å². The van der Waals surface area contributed by atoms with Crippen LogP contribution in [0, 0.1) is 12.8 Å². The Balaban J connectivity index is 1.26. The summed E-state index contributed by atoms with van der Waals surface area (Å²) in [5.41, 5.74) is 2.05. The van der Waals surface area contributed by atoms with E-state index in [1.807, 2.05) is 35.4 Å². The molecule has 0 saturated carbocycles. The van der Waals surface area contributed by atoms with E-state index in [1.165, 1.54) is 11.3 Å². The molecule has 0 bridgehead atoms. The minimum absolute atomic E-state index is 0.145. The number of amides is 1. The average molecular weight is 372 g/mol. The molecule has 26 heavy (non-hydrogen) atoms. The molecule has 6 heteroatoms. The van der Waals surface area contributed by atoms with Crippen LogP contribution in [0.15, 0.2) is 36.0 Å². The van der Waals surface area contributed by atoms with Crippen molar-refractivity contribution in [2.45, 2.75) is 32.0 Å². The fraction of sp³-hybridized carbons (Fsp3) is 0.500. The third-order valence-electron chi connectivity index (χ3n) is 5.49. The molecule has 2 aliphatic rings. The van der Waals surface area contributed by atoms with Gasteiger partial charge in [-0.1, -0.05) is 0 Å². The quantitative estimate of drug-likeness (QED) is 0.730. The van der Waals surface area contributed by atoms with Gasteiger partial charge in [0, 0.05) is 25.6 Å². The van der Waals surface area contributed by atoms with Crippen molar-refractivity contribution in [1.29, 1.82) is 0 Å². The zero-order chi connectivity index (χ0) is 18.0. The number of thiophene rings is 1. The zero-order valence-electron chi connectivity index (χ0n) is 15.0. The summed E-state index contributed by atoms with van der Waals surface area (Å²) in [7, 11) is 0. The monoisotopic (exact) mass is 372 g/mol. The fourth-order valence-electron chi connectivity index (χ4n) is 3.92. The third-order valence-corrected chi connectivity index (χ3v) is 6.49. The lowest BCUT2D eigenvalue weighted by Crippen LogP contribution is -2.66. The Morgan fingerprint density at radius 1 is 1.38 bits per heavy atom. The Hall–Kier alpha value is -1.76. The van der Waals surface area contributed by atoms with Gasteiger partial charge < -0.3 is 14.4 Å². The van der Waals surface area contributed by atoms with Gasteiger partial charge in [0.05, 0.1) is 24.6 Å². The van der Waals surface area contributed by atoms with E-state index in [2.05, 4.69) is 4.98 Å². The molecule has 5 nitrogen and oxygen atoms in total. The summed E-state index contributed by atoms with van der Waals surface area (Å²) in [5.74, 6) is 0.611. The topological polar surface area (TPSA) is 51.7 Å². The van der Waals surface area contributed by atoms with Gasteiger partial charge in [-0.05, 0) is 60.4 Å². The van der Waals surface area contributed by atoms with Crippen LogP contribution in [0.2, 0.25) is 0 Å². The average Bonchev–Trinajstić information content (AvgIpc) is 3.24. The number of carbonyl (C=O) groups is 1. The molecule has 1 spiro atoms. The molecule has 0 radical (unpaired) electrons. The van der Waals surface area contributed by atoms with Crippen LogP contribution in [0.1, 0.15) is 33.6 Å². The van der Waals surface area contributed by atoms with Crippen molar-refractivity contribution in [2.24, 2.45) is 5.92 Å². The molecule has 2 aromatic heterocycles. The van der Waals surface area contributed by atoms with Crippen molar-refractivity contribution in [3.05, 3.63) is 52.0 Å². The van der Waals surface area contributed by atoms with Crippen molar-refractivity contribution in [3.63, 3.8) is 0 Å². The number of rotatable bonds is 6. The summed E-state index contributed by atoms with van der Waals surface area (Å²) < 4.78 is 11.9. The van der Waals surface area contributed by atoms with Crippen LogP contribution in [0.4, 0.5) is 0 Å². The Morgan fingerprint density at radius 2 is 2.19 bits per heavy atom. The summed E-state index contributed by atoms with van der Waals surface area (Å²) in [6, 6.07) is 5.95. The zero-order valence-corrected chi connectivity index (χ0v) is 15.8. The number of nitrogens with zero attached hydrogens (tertiary/aromatic N) is 2. The highest BCUT2D eigenvalue weighted by Gasteiger charge is 2.54. The van der Waals surface area contributed by atoms with Gasteiger partial charge in [-0.25, -0.2) is 0 Å². The minimum atomic E-state index is -0.152. The summed E-state index contributed by atoms with van der Waals surface area (Å²) >= 11 is 1.53. The number of carbonyl (C=O) groups excluding carboxylic acids is 1. The van der Waals surface area contributed by atoms with Crippen LogP contribution in [0.5, 0.6) is 0 Å². The molecule has 2 aromatic rings. The maximum absolute atomic E-state index is 12.6. The number of hydrogen-bond acceptors (Lipinski definition) is 5. The molecule has 0 aliphatic carbocycles. The van der Waals surface area contributed by atoms with Crippen LogP contribution in [-0.4, -0.2) is 47.7 Å².